The zero-order chi connectivity index (χ0) is 28.2. The third-order valence-electron chi connectivity index (χ3n) is 6.87. The molecule has 0 fully saturated rings. The highest BCUT2D eigenvalue weighted by atomic mass is 16.4. The van der Waals surface area contributed by atoms with E-state index in [1.54, 1.807) is 25.1 Å². The summed E-state index contributed by atoms with van der Waals surface area (Å²) in [6.45, 7) is 19.3. The Morgan fingerprint density at radius 2 is 1.47 bits per heavy atom. The Morgan fingerprint density at radius 1 is 0.972 bits per heavy atom. The van der Waals surface area contributed by atoms with E-state index in [0.717, 1.165) is 16.7 Å². The zero-order valence-electron chi connectivity index (χ0n) is 24.2. The lowest BCUT2D eigenvalue weighted by molar-refractivity contribution is -0.141. The van der Waals surface area contributed by atoms with Gasteiger partial charge in [-0.3, -0.25) is 9.59 Å². The second-order valence-corrected chi connectivity index (χ2v) is 12.0. The molecule has 36 heavy (non-hydrogen) atoms. The Bertz CT molecular complexity index is 968. The van der Waals surface area contributed by atoms with Crippen LogP contribution in [-0.2, 0) is 19.8 Å². The van der Waals surface area contributed by atoms with Crippen molar-refractivity contribution in [3.05, 3.63) is 46.5 Å². The number of aliphatic carboxylic acids is 1. The SMILES string of the molecule is CN[C@H](C(=O)N[C@H](C(=O)N(C)[C@H](/C=C(\C)C(=O)O)C(C)C)C(C)(C)C)C(C)(C)c1cc(C)cc(C)c1. The molecule has 0 unspecified atom stereocenters. The minimum atomic E-state index is -1.02. The highest BCUT2D eigenvalue weighted by molar-refractivity contribution is 5.91. The van der Waals surface area contributed by atoms with Crippen LogP contribution in [0.15, 0.2) is 29.8 Å². The number of hydrogen-bond donors (Lipinski definition) is 3. The molecule has 7 nitrogen and oxygen atoms in total. The van der Waals surface area contributed by atoms with Gasteiger partial charge in [-0.15, -0.1) is 0 Å². The quantitative estimate of drug-likeness (QED) is 0.417. The predicted molar refractivity (Wildman–Crippen MR) is 146 cm³/mol. The van der Waals surface area contributed by atoms with Gasteiger partial charge in [0.1, 0.15) is 6.04 Å². The standard InChI is InChI=1S/C29H47N3O4/c1-17(2)22(16-20(5)27(35)36)32(12)26(34)24(28(6,7)8)31-25(33)23(30-11)29(9,10)21-14-18(3)13-19(4)15-21/h13-17,22-24,30H,1-12H3,(H,31,33)(H,35,36)/b20-16+/t22-,23-,24-/m1/s1. The van der Waals surface area contributed by atoms with Crippen LogP contribution in [0.25, 0.3) is 0 Å². The number of hydrogen-bond acceptors (Lipinski definition) is 4. The van der Waals surface area contributed by atoms with Gasteiger partial charge in [0, 0.05) is 18.0 Å². The van der Waals surface area contributed by atoms with Gasteiger partial charge in [-0.25, -0.2) is 4.79 Å². The van der Waals surface area contributed by atoms with E-state index in [0.29, 0.717) is 0 Å². The lowest BCUT2D eigenvalue weighted by Gasteiger charge is -2.40. The molecular formula is C29H47N3O4. The summed E-state index contributed by atoms with van der Waals surface area (Å²) in [6, 6.07) is 4.47. The summed E-state index contributed by atoms with van der Waals surface area (Å²) in [5, 5.41) is 15.6. The van der Waals surface area contributed by atoms with Crippen molar-refractivity contribution in [2.75, 3.05) is 14.1 Å². The Morgan fingerprint density at radius 3 is 1.86 bits per heavy atom. The van der Waals surface area contributed by atoms with Crippen molar-refractivity contribution in [1.82, 2.24) is 15.5 Å². The maximum absolute atomic E-state index is 13.8. The largest absolute Gasteiger partial charge is 0.478 e. The van der Waals surface area contributed by atoms with Crippen molar-refractivity contribution in [3.63, 3.8) is 0 Å². The first-order valence-corrected chi connectivity index (χ1v) is 12.6. The Balaban J connectivity index is 3.36. The van der Waals surface area contributed by atoms with Crippen molar-refractivity contribution in [2.24, 2.45) is 11.3 Å². The molecule has 1 rings (SSSR count). The van der Waals surface area contributed by atoms with Crippen molar-refractivity contribution >= 4 is 17.8 Å². The van der Waals surface area contributed by atoms with Crippen LogP contribution in [0.3, 0.4) is 0 Å². The van der Waals surface area contributed by atoms with E-state index in [4.69, 9.17) is 0 Å². The average molecular weight is 502 g/mol. The first-order valence-electron chi connectivity index (χ1n) is 12.6. The number of aryl methyl sites for hydroxylation is 2. The smallest absolute Gasteiger partial charge is 0.331 e. The van der Waals surface area contributed by atoms with Crippen LogP contribution < -0.4 is 10.6 Å². The number of carbonyl (C=O) groups excluding carboxylic acids is 2. The van der Waals surface area contributed by atoms with E-state index in [9.17, 15) is 19.5 Å². The highest BCUT2D eigenvalue weighted by Crippen LogP contribution is 2.30. The molecule has 7 heteroatoms. The van der Waals surface area contributed by atoms with Crippen LogP contribution in [0.4, 0.5) is 0 Å². The van der Waals surface area contributed by atoms with Crippen molar-refractivity contribution in [2.45, 2.75) is 92.8 Å². The summed E-state index contributed by atoms with van der Waals surface area (Å²) in [5.41, 5.74) is 2.35. The fourth-order valence-corrected chi connectivity index (χ4v) is 4.64. The summed E-state index contributed by atoms with van der Waals surface area (Å²) in [7, 11) is 3.42. The van der Waals surface area contributed by atoms with Gasteiger partial charge >= 0.3 is 5.97 Å². The number of likely N-dealkylation sites (N-methyl/N-ethyl adjacent to an activating group) is 2. The second kappa shape index (κ2) is 12.0. The van der Waals surface area contributed by atoms with Crippen LogP contribution in [0, 0.1) is 25.2 Å². The first kappa shape index (κ1) is 31.4. The molecule has 0 spiro atoms. The average Bonchev–Trinajstić information content (AvgIpc) is 2.73. The van der Waals surface area contributed by atoms with E-state index in [-0.39, 0.29) is 23.3 Å². The van der Waals surface area contributed by atoms with Crippen LogP contribution in [0.2, 0.25) is 0 Å². The number of nitrogens with zero attached hydrogens (tertiary/aromatic N) is 1. The molecule has 1 aromatic rings. The molecule has 3 atom stereocenters. The minimum absolute atomic E-state index is 0.0156. The highest BCUT2D eigenvalue weighted by Gasteiger charge is 2.41. The molecule has 0 radical (unpaired) electrons. The summed E-state index contributed by atoms with van der Waals surface area (Å²) >= 11 is 0. The fraction of sp³-hybridized carbons (Fsp3) is 0.621. The number of amides is 2. The van der Waals surface area contributed by atoms with Gasteiger partial charge in [0.05, 0.1) is 12.1 Å². The lowest BCUT2D eigenvalue weighted by Crippen LogP contribution is -2.61. The minimum Gasteiger partial charge on any atom is -0.478 e. The molecule has 0 aliphatic rings. The molecule has 0 heterocycles. The first-order chi connectivity index (χ1) is 16.3. The molecule has 3 N–H and O–H groups in total. The summed E-state index contributed by atoms with van der Waals surface area (Å²) in [4.78, 5) is 40.4. The van der Waals surface area contributed by atoms with Crippen molar-refractivity contribution in [3.8, 4) is 0 Å². The summed E-state index contributed by atoms with van der Waals surface area (Å²) in [6.07, 6.45) is 1.60. The Hall–Kier alpha value is -2.67. The van der Waals surface area contributed by atoms with Crippen molar-refractivity contribution < 1.29 is 19.5 Å². The monoisotopic (exact) mass is 501 g/mol. The normalized spacial score (nSPS) is 15.3. The molecule has 0 saturated heterocycles. The van der Waals surface area contributed by atoms with Crippen molar-refractivity contribution in [1.29, 1.82) is 0 Å². The van der Waals surface area contributed by atoms with Crippen LogP contribution >= 0.6 is 0 Å². The maximum atomic E-state index is 13.8. The molecule has 0 saturated carbocycles. The summed E-state index contributed by atoms with van der Waals surface area (Å²) < 4.78 is 0. The fourth-order valence-electron chi connectivity index (χ4n) is 4.64. The van der Waals surface area contributed by atoms with Gasteiger partial charge in [-0.1, -0.05) is 83.9 Å². The van der Waals surface area contributed by atoms with Crippen LogP contribution in [0.1, 0.15) is 72.1 Å². The number of carboxylic acid groups (broad SMARTS) is 1. The van der Waals surface area contributed by atoms with E-state index in [1.165, 1.54) is 6.92 Å². The van der Waals surface area contributed by atoms with Crippen LogP contribution in [-0.4, -0.2) is 60.0 Å². The van der Waals surface area contributed by atoms with Gasteiger partial charge < -0.3 is 20.6 Å². The number of nitrogens with one attached hydrogen (secondary N) is 2. The Kier molecular flexibility index (Phi) is 10.5. The van der Waals surface area contributed by atoms with Gasteiger partial charge in [-0.2, -0.15) is 0 Å². The third kappa shape index (κ3) is 7.66. The molecule has 2 amide bonds. The van der Waals surface area contributed by atoms with E-state index >= 15 is 0 Å². The topological polar surface area (TPSA) is 98.7 Å². The van der Waals surface area contributed by atoms with Gasteiger partial charge in [0.2, 0.25) is 11.8 Å². The van der Waals surface area contributed by atoms with E-state index < -0.39 is 34.9 Å². The van der Waals surface area contributed by atoms with E-state index in [1.807, 2.05) is 62.3 Å². The number of carbonyl (C=O) groups is 3. The Labute approximate surface area is 217 Å². The lowest BCUT2D eigenvalue weighted by atomic mass is 9.76. The van der Waals surface area contributed by atoms with Crippen LogP contribution in [0.5, 0.6) is 0 Å². The van der Waals surface area contributed by atoms with Gasteiger partial charge in [0.25, 0.3) is 0 Å². The second-order valence-electron chi connectivity index (χ2n) is 12.0. The molecule has 202 valence electrons. The van der Waals surface area contributed by atoms with E-state index in [2.05, 4.69) is 28.8 Å². The molecule has 1 aromatic carbocycles. The number of benzene rings is 1. The molecule has 0 aromatic heterocycles. The number of carboxylic acids is 1. The summed E-state index contributed by atoms with van der Waals surface area (Å²) in [5.74, 6) is -1.56. The molecule has 0 bridgehead atoms. The maximum Gasteiger partial charge on any atom is 0.331 e. The van der Waals surface area contributed by atoms with Gasteiger partial charge in [0.15, 0.2) is 0 Å². The third-order valence-corrected chi connectivity index (χ3v) is 6.87. The van der Waals surface area contributed by atoms with Gasteiger partial charge in [-0.05, 0) is 44.7 Å². The predicted octanol–water partition coefficient (Wildman–Crippen LogP) is 4.21. The number of rotatable bonds is 10. The molecule has 0 aliphatic carbocycles. The molecule has 0 aliphatic heterocycles. The molecular weight excluding hydrogens is 454 g/mol. The zero-order valence-corrected chi connectivity index (χ0v) is 24.2.